The third-order valence-electron chi connectivity index (χ3n) is 12.4. The number of para-hydroxylation sites is 1. The van der Waals surface area contributed by atoms with Crippen LogP contribution in [-0.4, -0.2) is 6.10 Å². The van der Waals surface area contributed by atoms with Gasteiger partial charge < -0.3 is 13.6 Å². The number of fused-ring (bicyclic) bond motifs is 12. The van der Waals surface area contributed by atoms with E-state index in [1.807, 2.05) is 12.1 Å². The molecule has 2 aromatic heterocycles. The SMILES string of the molecule is C1=CC2Oc3c(cc4c(oc5ccccc54)c3-c3ccc4oc5ccc(-c6c7ccccc7c(-c7ccc8ccccc8c7)c7ccccc67)cc5c4c3)C2C=C1. The van der Waals surface area contributed by atoms with Gasteiger partial charge in [0.15, 0.2) is 0 Å². The van der Waals surface area contributed by atoms with Crippen molar-refractivity contribution in [2.45, 2.75) is 12.0 Å². The van der Waals surface area contributed by atoms with Crippen molar-refractivity contribution in [3.05, 3.63) is 188 Å². The number of hydrogen-bond acceptors (Lipinski definition) is 3. The molecule has 3 heteroatoms. The van der Waals surface area contributed by atoms with E-state index in [-0.39, 0.29) is 12.0 Å². The van der Waals surface area contributed by atoms with Crippen LogP contribution < -0.4 is 4.74 Å². The van der Waals surface area contributed by atoms with Crippen molar-refractivity contribution in [1.82, 2.24) is 0 Å². The summed E-state index contributed by atoms with van der Waals surface area (Å²) >= 11 is 0. The average Bonchev–Trinajstić information content (AvgIpc) is 3.95. The van der Waals surface area contributed by atoms with Gasteiger partial charge >= 0.3 is 0 Å². The van der Waals surface area contributed by atoms with Crippen molar-refractivity contribution in [2.24, 2.45) is 0 Å². The summed E-state index contributed by atoms with van der Waals surface area (Å²) in [6.07, 6.45) is 8.58. The van der Waals surface area contributed by atoms with Crippen LogP contribution in [0, 0.1) is 0 Å². The van der Waals surface area contributed by atoms with Crippen LogP contribution in [0.25, 0.3) is 110 Å². The van der Waals surface area contributed by atoms with E-state index in [0.717, 1.165) is 66.3 Å². The van der Waals surface area contributed by atoms with Gasteiger partial charge in [-0.2, -0.15) is 0 Å². The van der Waals surface area contributed by atoms with Gasteiger partial charge in [0.25, 0.3) is 0 Å². The fourth-order valence-electron chi connectivity index (χ4n) is 9.80. The molecule has 1 aliphatic heterocycles. The van der Waals surface area contributed by atoms with Crippen LogP contribution in [0.4, 0.5) is 0 Å². The highest BCUT2D eigenvalue weighted by Crippen LogP contribution is 2.52. The summed E-state index contributed by atoms with van der Waals surface area (Å²) in [4.78, 5) is 0. The number of hydrogen-bond donors (Lipinski definition) is 0. The number of rotatable bonds is 3. The summed E-state index contributed by atoms with van der Waals surface area (Å²) in [5, 5.41) is 11.8. The summed E-state index contributed by atoms with van der Waals surface area (Å²) in [6, 6.07) is 56.9. The van der Waals surface area contributed by atoms with Crippen molar-refractivity contribution in [2.75, 3.05) is 0 Å². The van der Waals surface area contributed by atoms with Gasteiger partial charge in [0.05, 0.1) is 5.56 Å². The highest BCUT2D eigenvalue weighted by molar-refractivity contribution is 6.23. The van der Waals surface area contributed by atoms with Gasteiger partial charge in [0, 0.05) is 33.0 Å². The van der Waals surface area contributed by atoms with Gasteiger partial charge in [-0.1, -0.05) is 133 Å². The van der Waals surface area contributed by atoms with Crippen molar-refractivity contribution < 1.29 is 13.6 Å². The van der Waals surface area contributed by atoms with Gasteiger partial charge in [0.1, 0.15) is 34.2 Å². The van der Waals surface area contributed by atoms with E-state index >= 15 is 0 Å². The smallest absolute Gasteiger partial charge is 0.146 e. The molecule has 0 bridgehead atoms. The fourth-order valence-corrected chi connectivity index (χ4v) is 9.80. The molecule has 2 aliphatic rings. The minimum absolute atomic E-state index is 0.0418. The molecule has 2 unspecified atom stereocenters. The van der Waals surface area contributed by atoms with Gasteiger partial charge in [-0.25, -0.2) is 0 Å². The molecular weight excluding hydrogens is 697 g/mol. The molecule has 0 spiro atoms. The van der Waals surface area contributed by atoms with Crippen molar-refractivity contribution in [3.63, 3.8) is 0 Å². The third kappa shape index (κ3) is 4.42. The number of ether oxygens (including phenoxy) is 1. The lowest BCUT2D eigenvalue weighted by atomic mass is 9.85. The van der Waals surface area contributed by atoms with Crippen molar-refractivity contribution in [1.29, 1.82) is 0 Å². The lowest BCUT2D eigenvalue weighted by Crippen LogP contribution is -2.15. The molecule has 0 radical (unpaired) electrons. The highest BCUT2D eigenvalue weighted by atomic mass is 16.5. The first-order chi connectivity index (χ1) is 28.2. The van der Waals surface area contributed by atoms with Gasteiger partial charge in [-0.3, -0.25) is 0 Å². The lowest BCUT2D eigenvalue weighted by Gasteiger charge is -2.18. The molecule has 0 amide bonds. The summed E-state index contributed by atoms with van der Waals surface area (Å²) in [5.74, 6) is 1.05. The fraction of sp³-hybridized carbons (Fsp3) is 0.0370. The number of furan rings is 2. The topological polar surface area (TPSA) is 35.5 Å². The molecule has 3 heterocycles. The molecular formula is C54H32O3. The molecule has 2 atom stereocenters. The summed E-state index contributed by atoms with van der Waals surface area (Å²) < 4.78 is 20.0. The summed E-state index contributed by atoms with van der Waals surface area (Å²) in [6.45, 7) is 0. The monoisotopic (exact) mass is 728 g/mol. The number of allylic oxidation sites excluding steroid dienone is 2. The molecule has 1 aliphatic carbocycles. The molecule has 266 valence electrons. The van der Waals surface area contributed by atoms with Crippen LogP contribution in [0.1, 0.15) is 11.5 Å². The quantitative estimate of drug-likeness (QED) is 0.170. The second kappa shape index (κ2) is 11.6. The molecule has 13 rings (SSSR count). The average molecular weight is 729 g/mol. The Morgan fingerprint density at radius 1 is 0.368 bits per heavy atom. The van der Waals surface area contributed by atoms with Crippen LogP contribution in [0.5, 0.6) is 5.75 Å². The zero-order chi connectivity index (χ0) is 37.2. The lowest BCUT2D eigenvalue weighted by molar-refractivity contribution is 0.270. The molecule has 0 saturated heterocycles. The van der Waals surface area contributed by atoms with E-state index in [9.17, 15) is 0 Å². The summed E-state index contributed by atoms with van der Waals surface area (Å²) in [5.41, 5.74) is 11.5. The standard InChI is InChI=1S/C54H32O3/c1-2-12-32-27-33(22-21-31(32)11-1)50-38-15-3-5-17-40(38)51(41-18-6-4-16-39(41)50)34-23-25-48-42(28-34)43-29-35(24-26-49(43)55-48)52-53-44(36-13-7-9-19-46(36)56-53)30-45-37-14-8-10-20-47(37)57-54(45)52/h1-30,36,46H. The molecule has 0 fully saturated rings. The summed E-state index contributed by atoms with van der Waals surface area (Å²) in [7, 11) is 0. The maximum absolute atomic E-state index is 6.78. The van der Waals surface area contributed by atoms with Crippen molar-refractivity contribution in [3.8, 4) is 39.1 Å². The minimum Gasteiger partial charge on any atom is -0.484 e. The van der Waals surface area contributed by atoms with Gasteiger partial charge in [-0.15, -0.1) is 0 Å². The molecule has 57 heavy (non-hydrogen) atoms. The number of benzene rings is 9. The zero-order valence-corrected chi connectivity index (χ0v) is 30.7. The van der Waals surface area contributed by atoms with E-state index in [1.54, 1.807) is 0 Å². The van der Waals surface area contributed by atoms with Crippen LogP contribution in [0.3, 0.4) is 0 Å². The Labute approximate surface area is 327 Å². The Kier molecular flexibility index (Phi) is 6.28. The van der Waals surface area contributed by atoms with E-state index in [2.05, 4.69) is 170 Å². The third-order valence-corrected chi connectivity index (χ3v) is 12.4. The normalized spacial score (nSPS) is 16.1. The highest BCUT2D eigenvalue weighted by Gasteiger charge is 2.36. The molecule has 0 saturated carbocycles. The predicted molar refractivity (Wildman–Crippen MR) is 235 cm³/mol. The van der Waals surface area contributed by atoms with E-state index in [1.165, 1.54) is 54.6 Å². The maximum Gasteiger partial charge on any atom is 0.146 e. The van der Waals surface area contributed by atoms with E-state index < -0.39 is 0 Å². The van der Waals surface area contributed by atoms with E-state index in [4.69, 9.17) is 13.6 Å². The Morgan fingerprint density at radius 3 is 1.61 bits per heavy atom. The second-order valence-corrected chi connectivity index (χ2v) is 15.4. The molecule has 0 N–H and O–H groups in total. The van der Waals surface area contributed by atoms with Crippen LogP contribution in [0.15, 0.2) is 191 Å². The minimum atomic E-state index is -0.0418. The van der Waals surface area contributed by atoms with Gasteiger partial charge in [-0.05, 0) is 109 Å². The van der Waals surface area contributed by atoms with Crippen LogP contribution in [0.2, 0.25) is 0 Å². The van der Waals surface area contributed by atoms with E-state index in [0.29, 0.717) is 0 Å². The Morgan fingerprint density at radius 2 is 0.912 bits per heavy atom. The van der Waals surface area contributed by atoms with Gasteiger partial charge in [0.2, 0.25) is 0 Å². The first-order valence-electron chi connectivity index (χ1n) is 19.6. The van der Waals surface area contributed by atoms with Crippen LogP contribution >= 0.6 is 0 Å². The van der Waals surface area contributed by atoms with Crippen LogP contribution in [-0.2, 0) is 0 Å². The maximum atomic E-state index is 6.78. The van der Waals surface area contributed by atoms with Crippen molar-refractivity contribution >= 4 is 76.2 Å². The molecule has 11 aromatic rings. The predicted octanol–water partition coefficient (Wildman–Crippen LogP) is 14.9. The Balaban J connectivity index is 1.04. The zero-order valence-electron chi connectivity index (χ0n) is 30.7. The Hall–Kier alpha value is -7.36. The first-order valence-corrected chi connectivity index (χ1v) is 19.6. The molecule has 9 aromatic carbocycles. The second-order valence-electron chi connectivity index (χ2n) is 15.4. The Bertz CT molecular complexity index is 3520. The largest absolute Gasteiger partial charge is 0.484 e. The first kappa shape index (κ1) is 30.9. The molecule has 3 nitrogen and oxygen atoms in total.